The van der Waals surface area contributed by atoms with Gasteiger partial charge in [0.15, 0.2) is 0 Å². The summed E-state index contributed by atoms with van der Waals surface area (Å²) in [7, 11) is 3.12. The summed E-state index contributed by atoms with van der Waals surface area (Å²) in [5.74, 6) is -0.744. The number of methoxy groups -OCH3 is 1. The first-order valence-electron chi connectivity index (χ1n) is 8.81. The molecular weight excluding hydrogens is 384 g/mol. The zero-order valence-corrected chi connectivity index (χ0v) is 17.0. The van der Waals surface area contributed by atoms with Crippen LogP contribution in [0.15, 0.2) is 6.20 Å². The van der Waals surface area contributed by atoms with Crippen molar-refractivity contribution in [1.82, 2.24) is 14.7 Å². The molecule has 0 aromatic carbocycles. The normalized spacial score (nSPS) is 13.1. The van der Waals surface area contributed by atoms with Gasteiger partial charge in [0.05, 0.1) is 25.8 Å². The zero-order chi connectivity index (χ0) is 20.4. The smallest absolute Gasteiger partial charge is 0.341 e. The molecular formula is C18H22N4O5S. The highest BCUT2D eigenvalue weighted by atomic mass is 32.1. The van der Waals surface area contributed by atoms with Gasteiger partial charge in [0.1, 0.15) is 10.6 Å². The number of hydrogen-bond acceptors (Lipinski definition) is 7. The summed E-state index contributed by atoms with van der Waals surface area (Å²) >= 11 is 1.29. The van der Waals surface area contributed by atoms with Gasteiger partial charge in [-0.1, -0.05) is 0 Å². The Bertz CT molecular complexity index is 933. The molecule has 0 bridgehead atoms. The third kappa shape index (κ3) is 3.72. The highest BCUT2D eigenvalue weighted by Crippen LogP contribution is 2.38. The van der Waals surface area contributed by atoms with Crippen LogP contribution in [0.3, 0.4) is 0 Å². The molecule has 0 fully saturated rings. The van der Waals surface area contributed by atoms with Gasteiger partial charge in [0.2, 0.25) is 11.8 Å². The van der Waals surface area contributed by atoms with E-state index >= 15 is 0 Å². The Hall–Kier alpha value is -2.88. The van der Waals surface area contributed by atoms with E-state index in [0.717, 1.165) is 10.4 Å². The Morgan fingerprint density at radius 2 is 2.11 bits per heavy atom. The minimum absolute atomic E-state index is 0.0255. The maximum Gasteiger partial charge on any atom is 0.341 e. The number of anilines is 1. The second-order valence-corrected chi connectivity index (χ2v) is 7.40. The van der Waals surface area contributed by atoms with E-state index in [1.54, 1.807) is 25.1 Å². The summed E-state index contributed by atoms with van der Waals surface area (Å²) in [6.07, 6.45) is 2.08. The Morgan fingerprint density at radius 3 is 2.75 bits per heavy atom. The lowest BCUT2D eigenvalue weighted by Gasteiger charge is -2.25. The molecule has 2 amide bonds. The summed E-state index contributed by atoms with van der Waals surface area (Å²) in [5, 5.41) is 7.28. The van der Waals surface area contributed by atoms with Crippen molar-refractivity contribution in [2.75, 3.05) is 25.6 Å². The lowest BCUT2D eigenvalue weighted by Crippen LogP contribution is -2.34. The van der Waals surface area contributed by atoms with E-state index in [9.17, 15) is 14.4 Å². The topological polar surface area (TPSA) is 103 Å². The predicted molar refractivity (Wildman–Crippen MR) is 103 cm³/mol. The van der Waals surface area contributed by atoms with Crippen molar-refractivity contribution in [3.63, 3.8) is 0 Å². The van der Waals surface area contributed by atoms with Crippen LogP contribution in [0.25, 0.3) is 0 Å². The van der Waals surface area contributed by atoms with Gasteiger partial charge >= 0.3 is 5.97 Å². The van der Waals surface area contributed by atoms with E-state index in [4.69, 9.17) is 9.47 Å². The molecule has 150 valence electrons. The fourth-order valence-corrected chi connectivity index (χ4v) is 4.37. The first-order chi connectivity index (χ1) is 13.3. The molecule has 1 aliphatic heterocycles. The molecule has 3 rings (SSSR count). The van der Waals surface area contributed by atoms with Crippen LogP contribution in [0, 0.1) is 0 Å². The number of nitrogens with zero attached hydrogens (tertiary/aromatic N) is 3. The predicted octanol–water partition coefficient (Wildman–Crippen LogP) is 1.82. The van der Waals surface area contributed by atoms with E-state index in [-0.39, 0.29) is 24.0 Å². The molecule has 0 saturated heterocycles. The number of aromatic nitrogens is 2. The van der Waals surface area contributed by atoms with E-state index in [1.165, 1.54) is 30.1 Å². The van der Waals surface area contributed by atoms with Gasteiger partial charge in [-0.25, -0.2) is 4.79 Å². The van der Waals surface area contributed by atoms with Crippen molar-refractivity contribution in [2.45, 2.75) is 26.8 Å². The molecule has 28 heavy (non-hydrogen) atoms. The van der Waals surface area contributed by atoms with Crippen LogP contribution in [0.5, 0.6) is 5.88 Å². The zero-order valence-electron chi connectivity index (χ0n) is 16.2. The Labute approximate surface area is 166 Å². The maximum atomic E-state index is 12.8. The largest absolute Gasteiger partial charge is 0.479 e. The van der Waals surface area contributed by atoms with Gasteiger partial charge in [-0.3, -0.25) is 14.3 Å². The van der Waals surface area contributed by atoms with Crippen molar-refractivity contribution >= 4 is 34.1 Å². The van der Waals surface area contributed by atoms with Crippen molar-refractivity contribution in [3.8, 4) is 5.88 Å². The second kappa shape index (κ2) is 8.01. The number of carbonyl (C=O) groups excluding carboxylic acids is 3. The summed E-state index contributed by atoms with van der Waals surface area (Å²) < 4.78 is 11.8. The molecule has 2 aromatic rings. The number of rotatable bonds is 5. The van der Waals surface area contributed by atoms with E-state index in [0.29, 0.717) is 30.1 Å². The number of carbonyl (C=O) groups is 3. The molecule has 0 spiro atoms. The summed E-state index contributed by atoms with van der Waals surface area (Å²) in [5.41, 5.74) is 1.45. The first kappa shape index (κ1) is 19.9. The average Bonchev–Trinajstić information content (AvgIpc) is 3.20. The highest BCUT2D eigenvalue weighted by Gasteiger charge is 2.31. The standard InChI is InChI=1S/C18H22N4O5S/c1-5-27-18(25)14-11-6-7-22(10(2)23)9-13(11)28-17(14)19-15(24)12-8-21(3)20-16(12)26-4/h8H,5-7,9H2,1-4H3,(H,19,24). The van der Waals surface area contributed by atoms with Gasteiger partial charge in [0.25, 0.3) is 5.91 Å². The summed E-state index contributed by atoms with van der Waals surface area (Å²) in [6.45, 7) is 4.41. The fourth-order valence-electron chi connectivity index (χ4n) is 3.12. The van der Waals surface area contributed by atoms with Crippen LogP contribution in [0.4, 0.5) is 5.00 Å². The Balaban J connectivity index is 1.96. The molecule has 0 radical (unpaired) electrons. The molecule has 1 N–H and O–H groups in total. The molecule has 9 nitrogen and oxygen atoms in total. The van der Waals surface area contributed by atoms with Gasteiger partial charge in [0, 0.05) is 31.6 Å². The fraction of sp³-hybridized carbons (Fsp3) is 0.444. The molecule has 10 heteroatoms. The molecule has 0 saturated carbocycles. The van der Waals surface area contributed by atoms with Gasteiger partial charge < -0.3 is 19.7 Å². The van der Waals surface area contributed by atoms with Gasteiger partial charge in [-0.2, -0.15) is 0 Å². The number of fused-ring (bicyclic) bond motifs is 1. The third-order valence-corrected chi connectivity index (χ3v) is 5.57. The molecule has 2 aromatic heterocycles. The quantitative estimate of drug-likeness (QED) is 0.760. The van der Waals surface area contributed by atoms with Crippen LogP contribution < -0.4 is 10.1 Å². The SMILES string of the molecule is CCOC(=O)c1c(NC(=O)c2cn(C)nc2OC)sc2c1CCN(C(C)=O)C2. The molecule has 3 heterocycles. The van der Waals surface area contributed by atoms with E-state index in [2.05, 4.69) is 10.4 Å². The number of thiophene rings is 1. The van der Waals surface area contributed by atoms with Crippen LogP contribution >= 0.6 is 11.3 Å². The molecule has 0 unspecified atom stereocenters. The van der Waals surface area contributed by atoms with Crippen LogP contribution in [-0.2, 0) is 29.5 Å². The Kier molecular flexibility index (Phi) is 5.68. The first-order valence-corrected chi connectivity index (χ1v) is 9.63. The van der Waals surface area contributed by atoms with Crippen LogP contribution in [-0.4, -0.2) is 52.7 Å². The van der Waals surface area contributed by atoms with Crippen molar-refractivity contribution < 1.29 is 23.9 Å². The van der Waals surface area contributed by atoms with Crippen LogP contribution in [0.2, 0.25) is 0 Å². The summed E-state index contributed by atoms with van der Waals surface area (Å²) in [4.78, 5) is 39.6. The number of esters is 1. The number of amides is 2. The minimum atomic E-state index is -0.482. The lowest BCUT2D eigenvalue weighted by atomic mass is 10.0. The molecule has 1 aliphatic rings. The van der Waals surface area contributed by atoms with Crippen LogP contribution in [0.1, 0.15) is 45.0 Å². The van der Waals surface area contributed by atoms with Crippen molar-refractivity contribution in [2.24, 2.45) is 7.05 Å². The number of ether oxygens (including phenoxy) is 2. The molecule has 0 atom stereocenters. The number of nitrogens with one attached hydrogen (secondary N) is 1. The lowest BCUT2D eigenvalue weighted by molar-refractivity contribution is -0.129. The second-order valence-electron chi connectivity index (χ2n) is 6.30. The van der Waals surface area contributed by atoms with Crippen molar-refractivity contribution in [1.29, 1.82) is 0 Å². The average molecular weight is 406 g/mol. The van der Waals surface area contributed by atoms with E-state index in [1.807, 2.05) is 0 Å². The van der Waals surface area contributed by atoms with Gasteiger partial charge in [-0.15, -0.1) is 16.4 Å². The number of aryl methyl sites for hydroxylation is 1. The summed E-state index contributed by atoms with van der Waals surface area (Å²) in [6, 6.07) is 0. The third-order valence-electron chi connectivity index (χ3n) is 4.44. The van der Waals surface area contributed by atoms with Gasteiger partial charge in [-0.05, 0) is 18.9 Å². The Morgan fingerprint density at radius 1 is 1.36 bits per heavy atom. The monoisotopic (exact) mass is 406 g/mol. The van der Waals surface area contributed by atoms with E-state index < -0.39 is 11.9 Å². The maximum absolute atomic E-state index is 12.8. The minimum Gasteiger partial charge on any atom is -0.479 e. The highest BCUT2D eigenvalue weighted by molar-refractivity contribution is 7.17. The number of hydrogen-bond donors (Lipinski definition) is 1. The molecule has 0 aliphatic carbocycles. The van der Waals surface area contributed by atoms with Crippen molar-refractivity contribution in [3.05, 3.63) is 27.8 Å².